The predicted molar refractivity (Wildman–Crippen MR) is 103 cm³/mol. The van der Waals surface area contributed by atoms with Gasteiger partial charge in [0.15, 0.2) is 18.1 Å². The Morgan fingerprint density at radius 3 is 2.41 bits per heavy atom. The first-order chi connectivity index (χ1) is 13.8. The number of benzene rings is 2. The molecule has 0 aliphatic heterocycles. The van der Waals surface area contributed by atoms with Crippen molar-refractivity contribution in [1.82, 2.24) is 5.32 Å². The van der Waals surface area contributed by atoms with Gasteiger partial charge in [-0.05, 0) is 48.9 Å². The zero-order chi connectivity index (χ0) is 20.9. The van der Waals surface area contributed by atoms with Crippen LogP contribution in [0.1, 0.15) is 36.8 Å². The molecule has 29 heavy (non-hydrogen) atoms. The summed E-state index contributed by atoms with van der Waals surface area (Å²) in [6.07, 6.45) is -0.777. The number of methoxy groups -OCH3 is 1. The van der Waals surface area contributed by atoms with Gasteiger partial charge in [0.25, 0.3) is 0 Å². The first-order valence-electron chi connectivity index (χ1n) is 9.54. The molecule has 0 atom stereocenters. The fraction of sp³-hybridized carbons (Fsp3) is 0.409. The molecule has 7 heteroatoms. The normalized spacial score (nSPS) is 15.3. The molecular formula is C22H24F3NO3. The van der Waals surface area contributed by atoms with Crippen molar-refractivity contribution in [2.24, 2.45) is 0 Å². The second-order valence-corrected chi connectivity index (χ2v) is 7.24. The minimum absolute atomic E-state index is 0.0236. The molecule has 1 aliphatic rings. The molecule has 3 rings (SSSR count). The van der Waals surface area contributed by atoms with E-state index in [2.05, 4.69) is 5.32 Å². The summed E-state index contributed by atoms with van der Waals surface area (Å²) >= 11 is 0. The summed E-state index contributed by atoms with van der Waals surface area (Å²) in [6.45, 7) is -1.38. The van der Waals surface area contributed by atoms with Crippen molar-refractivity contribution in [3.63, 3.8) is 0 Å². The number of aryl methyl sites for hydroxylation is 1. The number of alkyl halides is 3. The number of amides is 1. The van der Waals surface area contributed by atoms with E-state index in [0.717, 1.165) is 30.4 Å². The zero-order valence-corrected chi connectivity index (χ0v) is 16.2. The first-order valence-corrected chi connectivity index (χ1v) is 9.54. The van der Waals surface area contributed by atoms with Gasteiger partial charge in [-0.15, -0.1) is 0 Å². The number of carbonyl (C=O) groups excluding carboxylic acids is 1. The van der Waals surface area contributed by atoms with Crippen LogP contribution in [0.3, 0.4) is 0 Å². The van der Waals surface area contributed by atoms with E-state index in [0.29, 0.717) is 6.42 Å². The second-order valence-electron chi connectivity index (χ2n) is 7.24. The van der Waals surface area contributed by atoms with Crippen molar-refractivity contribution >= 4 is 5.91 Å². The third-order valence-corrected chi connectivity index (χ3v) is 5.17. The van der Waals surface area contributed by atoms with Crippen LogP contribution in [-0.2, 0) is 16.8 Å². The van der Waals surface area contributed by atoms with Crippen molar-refractivity contribution in [2.45, 2.75) is 43.8 Å². The lowest BCUT2D eigenvalue weighted by atomic mass is 9.71. The van der Waals surface area contributed by atoms with Crippen LogP contribution >= 0.6 is 0 Å². The van der Waals surface area contributed by atoms with Crippen LogP contribution in [-0.4, -0.2) is 25.8 Å². The minimum atomic E-state index is -4.42. The highest BCUT2D eigenvalue weighted by Crippen LogP contribution is 2.41. The lowest BCUT2D eigenvalue weighted by molar-refractivity contribution is -0.153. The molecule has 0 unspecified atom stereocenters. The monoisotopic (exact) mass is 407 g/mol. The van der Waals surface area contributed by atoms with E-state index >= 15 is 0 Å². The summed E-state index contributed by atoms with van der Waals surface area (Å²) in [5, 5.41) is 3.17. The topological polar surface area (TPSA) is 47.6 Å². The van der Waals surface area contributed by atoms with Gasteiger partial charge in [-0.1, -0.05) is 36.4 Å². The Kier molecular flexibility index (Phi) is 6.35. The molecule has 0 radical (unpaired) electrons. The van der Waals surface area contributed by atoms with Crippen molar-refractivity contribution in [2.75, 3.05) is 13.7 Å². The Balaban J connectivity index is 1.58. The molecule has 0 aromatic heterocycles. The molecule has 1 aliphatic carbocycles. The molecule has 0 spiro atoms. The molecular weight excluding hydrogens is 383 g/mol. The van der Waals surface area contributed by atoms with Crippen LogP contribution in [0.4, 0.5) is 13.2 Å². The highest BCUT2D eigenvalue weighted by atomic mass is 19.4. The van der Waals surface area contributed by atoms with Crippen molar-refractivity contribution in [3.8, 4) is 11.5 Å². The molecule has 2 aromatic rings. The Hall–Kier alpha value is -2.70. The third-order valence-electron chi connectivity index (χ3n) is 5.17. The van der Waals surface area contributed by atoms with Crippen LogP contribution < -0.4 is 14.8 Å². The number of ether oxygens (including phenoxy) is 2. The van der Waals surface area contributed by atoms with E-state index in [9.17, 15) is 18.0 Å². The van der Waals surface area contributed by atoms with Gasteiger partial charge in [0.05, 0.1) is 12.6 Å². The number of hydrogen-bond donors (Lipinski definition) is 1. The second kappa shape index (κ2) is 8.76. The van der Waals surface area contributed by atoms with Gasteiger partial charge in [-0.2, -0.15) is 13.2 Å². The number of carbonyl (C=O) groups is 1. The quantitative estimate of drug-likeness (QED) is 0.686. The van der Waals surface area contributed by atoms with Crippen molar-refractivity contribution < 1.29 is 27.4 Å². The van der Waals surface area contributed by atoms with Gasteiger partial charge in [0.2, 0.25) is 5.91 Å². The Morgan fingerprint density at radius 2 is 1.83 bits per heavy atom. The van der Waals surface area contributed by atoms with Gasteiger partial charge >= 0.3 is 6.18 Å². The average Bonchev–Trinajstić information content (AvgIpc) is 2.67. The smallest absolute Gasteiger partial charge is 0.422 e. The maximum absolute atomic E-state index is 12.5. The maximum Gasteiger partial charge on any atom is 0.422 e. The van der Waals surface area contributed by atoms with Gasteiger partial charge < -0.3 is 14.8 Å². The van der Waals surface area contributed by atoms with E-state index in [-0.39, 0.29) is 29.4 Å². The molecule has 1 N–H and O–H groups in total. The number of halogens is 3. The maximum atomic E-state index is 12.5. The Morgan fingerprint density at radius 1 is 1.10 bits per heavy atom. The summed E-state index contributed by atoms with van der Waals surface area (Å²) < 4.78 is 47.0. The van der Waals surface area contributed by atoms with E-state index in [4.69, 9.17) is 9.47 Å². The largest absolute Gasteiger partial charge is 0.493 e. The summed E-state index contributed by atoms with van der Waals surface area (Å²) in [5.41, 5.74) is 1.62. The molecule has 2 aromatic carbocycles. The van der Waals surface area contributed by atoms with E-state index in [1.165, 1.54) is 13.2 Å². The highest BCUT2D eigenvalue weighted by molar-refractivity contribution is 5.77. The van der Waals surface area contributed by atoms with E-state index in [1.807, 2.05) is 30.3 Å². The molecule has 1 saturated carbocycles. The van der Waals surface area contributed by atoms with Crippen LogP contribution in [0, 0.1) is 0 Å². The summed E-state index contributed by atoms with van der Waals surface area (Å²) in [5.74, 6) is 0.187. The fourth-order valence-corrected chi connectivity index (χ4v) is 3.51. The average molecular weight is 407 g/mol. The van der Waals surface area contributed by atoms with Crippen molar-refractivity contribution in [1.29, 1.82) is 0 Å². The molecule has 1 fully saturated rings. The fourth-order valence-electron chi connectivity index (χ4n) is 3.51. The van der Waals surface area contributed by atoms with E-state index in [1.54, 1.807) is 12.1 Å². The highest BCUT2D eigenvalue weighted by Gasteiger charge is 2.39. The van der Waals surface area contributed by atoms with Crippen LogP contribution in [0.2, 0.25) is 0 Å². The van der Waals surface area contributed by atoms with Crippen LogP contribution in [0.25, 0.3) is 0 Å². The van der Waals surface area contributed by atoms with Gasteiger partial charge in [-0.3, -0.25) is 4.79 Å². The molecule has 156 valence electrons. The van der Waals surface area contributed by atoms with E-state index < -0.39 is 12.8 Å². The number of nitrogens with one attached hydrogen (secondary N) is 1. The SMILES string of the molecule is COc1cc(CCC(=O)NC2(c3ccccc3)CCC2)ccc1OCC(F)(F)F. The predicted octanol–water partition coefficient (Wildman–Crippen LogP) is 4.76. The molecule has 4 nitrogen and oxygen atoms in total. The zero-order valence-electron chi connectivity index (χ0n) is 16.2. The summed E-state index contributed by atoms with van der Waals surface area (Å²) in [4.78, 5) is 12.5. The Labute approximate surface area is 168 Å². The summed E-state index contributed by atoms with van der Waals surface area (Å²) in [7, 11) is 1.37. The Bertz CT molecular complexity index is 833. The lowest BCUT2D eigenvalue weighted by Crippen LogP contribution is -2.50. The minimum Gasteiger partial charge on any atom is -0.493 e. The third kappa shape index (κ3) is 5.43. The molecule has 0 heterocycles. The standard InChI is InChI=1S/C22H24F3NO3/c1-28-19-14-16(8-10-18(19)29-15-22(23,24)25)9-11-20(27)26-21(12-5-13-21)17-6-3-2-4-7-17/h2-4,6-8,10,14H,5,9,11-13,15H2,1H3,(H,26,27). The first kappa shape index (κ1) is 21.0. The number of rotatable bonds is 8. The van der Waals surface area contributed by atoms with Gasteiger partial charge in [-0.25, -0.2) is 0 Å². The lowest BCUT2D eigenvalue weighted by Gasteiger charge is -2.43. The van der Waals surface area contributed by atoms with Gasteiger partial charge in [0, 0.05) is 6.42 Å². The molecule has 0 saturated heterocycles. The van der Waals surface area contributed by atoms with Crippen LogP contribution in [0.5, 0.6) is 11.5 Å². The molecule has 0 bridgehead atoms. The van der Waals surface area contributed by atoms with Gasteiger partial charge in [0.1, 0.15) is 0 Å². The van der Waals surface area contributed by atoms with Crippen molar-refractivity contribution in [3.05, 3.63) is 59.7 Å². The molecule has 1 amide bonds. The van der Waals surface area contributed by atoms with Crippen LogP contribution in [0.15, 0.2) is 48.5 Å². The summed E-state index contributed by atoms with van der Waals surface area (Å²) in [6, 6.07) is 14.6. The number of hydrogen-bond acceptors (Lipinski definition) is 3.